The van der Waals surface area contributed by atoms with Gasteiger partial charge in [-0.05, 0) is 24.1 Å². The van der Waals surface area contributed by atoms with Gasteiger partial charge in [-0.2, -0.15) is 0 Å². The smallest absolute Gasteiger partial charge is 0.251 e. The number of hydrogen-bond acceptors (Lipinski definition) is 4. The monoisotopic (exact) mass is 403 g/mol. The van der Waals surface area contributed by atoms with Gasteiger partial charge in [0, 0.05) is 25.4 Å². The SMILES string of the molecule is CNC(=O)c1cc(C2CN(C(=O)CCc3ccccc3)CCO2)nc2ccccc12. The molecule has 0 saturated carbocycles. The molecule has 1 saturated heterocycles. The second-order valence-electron chi connectivity index (χ2n) is 7.38. The van der Waals surface area contributed by atoms with Crippen LogP contribution in [0.2, 0.25) is 0 Å². The van der Waals surface area contributed by atoms with Crippen molar-refractivity contribution in [3.05, 3.63) is 77.5 Å². The summed E-state index contributed by atoms with van der Waals surface area (Å²) in [5.74, 6) is -0.0547. The van der Waals surface area contributed by atoms with Crippen LogP contribution in [0.25, 0.3) is 10.9 Å². The Hall–Kier alpha value is -3.25. The molecule has 3 aromatic rings. The molecule has 0 aliphatic carbocycles. The Balaban J connectivity index is 1.52. The summed E-state index contributed by atoms with van der Waals surface area (Å²) in [4.78, 5) is 31.7. The average Bonchev–Trinajstić information content (AvgIpc) is 2.82. The van der Waals surface area contributed by atoms with Crippen LogP contribution in [-0.4, -0.2) is 48.4 Å². The number of pyridine rings is 1. The van der Waals surface area contributed by atoms with Crippen LogP contribution in [0.4, 0.5) is 0 Å². The van der Waals surface area contributed by atoms with Gasteiger partial charge < -0.3 is 15.0 Å². The lowest BCUT2D eigenvalue weighted by Gasteiger charge is -2.33. The number of aryl methyl sites for hydroxylation is 1. The lowest BCUT2D eigenvalue weighted by molar-refractivity contribution is -0.139. The van der Waals surface area contributed by atoms with Crippen LogP contribution in [0, 0.1) is 0 Å². The zero-order valence-corrected chi connectivity index (χ0v) is 17.0. The number of nitrogens with zero attached hydrogens (tertiary/aromatic N) is 2. The molecule has 0 spiro atoms. The molecule has 0 bridgehead atoms. The van der Waals surface area contributed by atoms with Gasteiger partial charge >= 0.3 is 0 Å². The van der Waals surface area contributed by atoms with Gasteiger partial charge in [0.1, 0.15) is 6.10 Å². The van der Waals surface area contributed by atoms with Gasteiger partial charge in [0.2, 0.25) is 5.91 Å². The third kappa shape index (κ3) is 4.33. The zero-order chi connectivity index (χ0) is 20.9. The summed E-state index contributed by atoms with van der Waals surface area (Å²) < 4.78 is 5.94. The molecule has 2 heterocycles. The summed E-state index contributed by atoms with van der Waals surface area (Å²) in [6, 6.07) is 19.4. The minimum Gasteiger partial charge on any atom is -0.368 e. The standard InChI is InChI=1S/C24H25N3O3/c1-25-24(29)19-15-21(26-20-10-6-5-9-18(19)20)22-16-27(13-14-30-22)23(28)12-11-17-7-3-2-4-8-17/h2-10,15,22H,11-14,16H2,1H3,(H,25,29). The van der Waals surface area contributed by atoms with E-state index in [1.807, 2.05) is 59.5 Å². The summed E-state index contributed by atoms with van der Waals surface area (Å²) in [7, 11) is 1.61. The number of aromatic nitrogens is 1. The van der Waals surface area contributed by atoms with Gasteiger partial charge in [-0.15, -0.1) is 0 Å². The molecule has 1 atom stereocenters. The number of benzene rings is 2. The van der Waals surface area contributed by atoms with Crippen LogP contribution in [0.5, 0.6) is 0 Å². The number of fused-ring (bicyclic) bond motifs is 1. The first-order valence-electron chi connectivity index (χ1n) is 10.2. The van der Waals surface area contributed by atoms with Gasteiger partial charge in [0.15, 0.2) is 0 Å². The topological polar surface area (TPSA) is 71.5 Å². The van der Waals surface area contributed by atoms with Crippen LogP contribution < -0.4 is 5.32 Å². The van der Waals surface area contributed by atoms with Crippen molar-refractivity contribution in [3.63, 3.8) is 0 Å². The Morgan fingerprint density at radius 3 is 2.70 bits per heavy atom. The van der Waals surface area contributed by atoms with E-state index in [9.17, 15) is 9.59 Å². The first-order chi connectivity index (χ1) is 14.7. The van der Waals surface area contributed by atoms with E-state index in [-0.39, 0.29) is 17.9 Å². The van der Waals surface area contributed by atoms with Crippen LogP contribution in [0.15, 0.2) is 60.7 Å². The maximum Gasteiger partial charge on any atom is 0.251 e. The van der Waals surface area contributed by atoms with Gasteiger partial charge in [0.05, 0.1) is 29.9 Å². The van der Waals surface area contributed by atoms with E-state index < -0.39 is 0 Å². The summed E-state index contributed by atoms with van der Waals surface area (Å²) in [5, 5.41) is 3.49. The minimum absolute atomic E-state index is 0.111. The molecule has 2 amide bonds. The fourth-order valence-electron chi connectivity index (χ4n) is 3.79. The molecule has 154 valence electrons. The van der Waals surface area contributed by atoms with Crippen molar-refractivity contribution in [2.75, 3.05) is 26.7 Å². The molecule has 30 heavy (non-hydrogen) atoms. The molecule has 1 N–H and O–H groups in total. The van der Waals surface area contributed by atoms with Crippen molar-refractivity contribution >= 4 is 22.7 Å². The number of ether oxygens (including phenoxy) is 1. The number of hydrogen-bond donors (Lipinski definition) is 1. The lowest BCUT2D eigenvalue weighted by Crippen LogP contribution is -2.42. The molecule has 1 aromatic heterocycles. The maximum atomic E-state index is 12.8. The highest BCUT2D eigenvalue weighted by Gasteiger charge is 2.27. The first-order valence-corrected chi connectivity index (χ1v) is 10.2. The van der Waals surface area contributed by atoms with Gasteiger partial charge in [0.25, 0.3) is 5.91 Å². The quantitative estimate of drug-likeness (QED) is 0.711. The normalized spacial score (nSPS) is 16.4. The second kappa shape index (κ2) is 9.05. The molecule has 1 aliphatic rings. The second-order valence-corrected chi connectivity index (χ2v) is 7.38. The predicted molar refractivity (Wildman–Crippen MR) is 115 cm³/mol. The van der Waals surface area contributed by atoms with Crippen molar-refractivity contribution in [2.45, 2.75) is 18.9 Å². The number of carbonyl (C=O) groups excluding carboxylic acids is 2. The van der Waals surface area contributed by atoms with Crippen molar-refractivity contribution in [1.82, 2.24) is 15.2 Å². The van der Waals surface area contributed by atoms with E-state index in [0.717, 1.165) is 22.9 Å². The molecule has 1 aliphatic heterocycles. The van der Waals surface area contributed by atoms with Gasteiger partial charge in [-0.3, -0.25) is 9.59 Å². The number of amides is 2. The summed E-state index contributed by atoms with van der Waals surface area (Å²) in [5.41, 5.74) is 3.13. The molecule has 0 radical (unpaired) electrons. The van der Waals surface area contributed by atoms with Crippen LogP contribution in [0.3, 0.4) is 0 Å². The number of morpholine rings is 1. The Bertz CT molecular complexity index is 1050. The van der Waals surface area contributed by atoms with E-state index in [1.54, 1.807) is 13.1 Å². The molecule has 1 fully saturated rings. The molecular formula is C24H25N3O3. The molecule has 6 heteroatoms. The van der Waals surface area contributed by atoms with E-state index in [0.29, 0.717) is 37.4 Å². The van der Waals surface area contributed by atoms with Crippen LogP contribution in [0.1, 0.15) is 34.1 Å². The Kier molecular flexibility index (Phi) is 6.05. The van der Waals surface area contributed by atoms with Gasteiger partial charge in [-0.1, -0.05) is 48.5 Å². The maximum absolute atomic E-state index is 12.8. The van der Waals surface area contributed by atoms with Crippen molar-refractivity contribution < 1.29 is 14.3 Å². The molecule has 2 aromatic carbocycles. The van der Waals surface area contributed by atoms with E-state index in [2.05, 4.69) is 5.32 Å². The zero-order valence-electron chi connectivity index (χ0n) is 17.0. The summed E-state index contributed by atoms with van der Waals surface area (Å²) in [6.07, 6.45) is 0.828. The molecule has 4 rings (SSSR count). The summed E-state index contributed by atoms with van der Waals surface area (Å²) >= 11 is 0. The van der Waals surface area contributed by atoms with Crippen molar-refractivity contribution in [1.29, 1.82) is 0 Å². The molecule has 6 nitrogen and oxygen atoms in total. The largest absolute Gasteiger partial charge is 0.368 e. The Labute approximate surface area is 175 Å². The number of rotatable bonds is 5. The van der Waals surface area contributed by atoms with Crippen LogP contribution in [-0.2, 0) is 16.0 Å². The minimum atomic E-state index is -0.354. The first kappa shape index (κ1) is 20.0. The highest BCUT2D eigenvalue weighted by Crippen LogP contribution is 2.26. The fourth-order valence-corrected chi connectivity index (χ4v) is 3.79. The van der Waals surface area contributed by atoms with Crippen molar-refractivity contribution in [3.8, 4) is 0 Å². The highest BCUT2D eigenvalue weighted by atomic mass is 16.5. The fraction of sp³-hybridized carbons (Fsp3) is 0.292. The predicted octanol–water partition coefficient (Wildman–Crippen LogP) is 3.13. The number of para-hydroxylation sites is 1. The Morgan fingerprint density at radius 1 is 1.13 bits per heavy atom. The molecule has 1 unspecified atom stereocenters. The van der Waals surface area contributed by atoms with E-state index in [1.165, 1.54) is 0 Å². The molecular weight excluding hydrogens is 378 g/mol. The van der Waals surface area contributed by atoms with E-state index in [4.69, 9.17) is 9.72 Å². The number of carbonyl (C=O) groups is 2. The third-order valence-electron chi connectivity index (χ3n) is 5.43. The average molecular weight is 403 g/mol. The highest BCUT2D eigenvalue weighted by molar-refractivity contribution is 6.06. The van der Waals surface area contributed by atoms with Crippen LogP contribution >= 0.6 is 0 Å². The number of nitrogens with one attached hydrogen (secondary N) is 1. The van der Waals surface area contributed by atoms with Crippen molar-refractivity contribution in [2.24, 2.45) is 0 Å². The van der Waals surface area contributed by atoms with E-state index >= 15 is 0 Å². The van der Waals surface area contributed by atoms with Gasteiger partial charge in [-0.25, -0.2) is 4.98 Å². The summed E-state index contributed by atoms with van der Waals surface area (Å²) in [6.45, 7) is 1.46. The lowest BCUT2D eigenvalue weighted by atomic mass is 10.0. The third-order valence-corrected chi connectivity index (χ3v) is 5.43. The Morgan fingerprint density at radius 2 is 1.90 bits per heavy atom.